The van der Waals surface area contributed by atoms with Gasteiger partial charge in [0.05, 0.1) is 46.1 Å². The van der Waals surface area contributed by atoms with Crippen molar-refractivity contribution < 1.29 is 17.6 Å². The van der Waals surface area contributed by atoms with Crippen LogP contribution in [0.5, 0.6) is 0 Å². The lowest BCUT2D eigenvalue weighted by Gasteiger charge is -2.08. The van der Waals surface area contributed by atoms with E-state index in [0.29, 0.717) is 50.6 Å². The second kappa shape index (κ2) is 11.0. The van der Waals surface area contributed by atoms with Gasteiger partial charge in [0.1, 0.15) is 21.3 Å². The van der Waals surface area contributed by atoms with Crippen LogP contribution in [0.4, 0.5) is 10.1 Å². The van der Waals surface area contributed by atoms with Crippen LogP contribution in [-0.4, -0.2) is 56.5 Å². The van der Waals surface area contributed by atoms with Gasteiger partial charge in [-0.25, -0.2) is 17.8 Å². The van der Waals surface area contributed by atoms with Gasteiger partial charge in [0.25, 0.3) is 0 Å². The van der Waals surface area contributed by atoms with Crippen LogP contribution < -0.4 is 5.32 Å². The molecule has 0 saturated carbocycles. The van der Waals surface area contributed by atoms with E-state index in [1.54, 1.807) is 24.7 Å². The Hall–Kier alpha value is -4.97. The molecule has 0 aliphatic heterocycles. The second-order valence-corrected chi connectivity index (χ2v) is 13.1. The number of carbonyl (C=O) groups is 1. The molecule has 3 N–H and O–H groups in total. The molecule has 0 atom stereocenters. The summed E-state index contributed by atoms with van der Waals surface area (Å²) in [5.41, 5.74) is 6.47. The number of anilines is 1. The molecule has 6 aromatic rings. The largest absolute Gasteiger partial charge is 0.337 e. The van der Waals surface area contributed by atoms with Crippen LogP contribution >= 0.6 is 0 Å². The van der Waals surface area contributed by atoms with Gasteiger partial charge in [-0.3, -0.25) is 19.9 Å². The second-order valence-electron chi connectivity index (χ2n) is 10.8. The number of aromatic amines is 2. The zero-order valence-corrected chi connectivity index (χ0v) is 24.5. The minimum Gasteiger partial charge on any atom is -0.337 e. The molecule has 218 valence electrons. The number of rotatable bonds is 8. The number of H-pyrrole nitrogens is 2. The highest BCUT2D eigenvalue weighted by atomic mass is 32.2. The molecule has 12 heteroatoms. The standard InChI is InChI=1S/C31H28FN7O3S/c1-17(2)31(40)35-22-12-20(14-33-15-22)26-13-24-27(16-34-26)38-39-29(24)30-36-25-6-4-5-23(28(25)37-30)19-9-18(10-21(32)11-19)7-8-43(3,41)42/h4-6,9-17H,7-8H2,1-3H3,(H,35,40)(H,36,37)(H,38,39). The topological polar surface area (TPSA) is 146 Å². The van der Waals surface area contributed by atoms with E-state index in [2.05, 4.69) is 30.5 Å². The van der Waals surface area contributed by atoms with E-state index < -0.39 is 15.7 Å². The number of hydrogen-bond donors (Lipinski definition) is 3. The lowest BCUT2D eigenvalue weighted by Crippen LogP contribution is -2.17. The summed E-state index contributed by atoms with van der Waals surface area (Å²) < 4.78 is 37.9. The average molecular weight is 598 g/mol. The lowest BCUT2D eigenvalue weighted by atomic mass is 10.0. The van der Waals surface area contributed by atoms with Gasteiger partial charge in [0.15, 0.2) is 5.82 Å². The molecular formula is C31H28FN7O3S. The van der Waals surface area contributed by atoms with E-state index in [4.69, 9.17) is 4.98 Å². The Morgan fingerprint density at radius 2 is 1.86 bits per heavy atom. The molecule has 0 fully saturated rings. The molecule has 6 rings (SSSR count). The smallest absolute Gasteiger partial charge is 0.226 e. The maximum absolute atomic E-state index is 14.6. The molecule has 1 amide bonds. The SMILES string of the molecule is CC(C)C(=O)Nc1cncc(-c2cc3c(-c4nc5c(-c6cc(F)cc(CCS(C)(=O)=O)c6)cccc5[nH]4)n[nH]c3cn2)c1. The van der Waals surface area contributed by atoms with Crippen molar-refractivity contribution in [1.29, 1.82) is 0 Å². The third kappa shape index (κ3) is 6.00. The Morgan fingerprint density at radius 3 is 2.65 bits per heavy atom. The number of amides is 1. The van der Waals surface area contributed by atoms with E-state index in [0.717, 1.165) is 22.7 Å². The van der Waals surface area contributed by atoms with E-state index in [9.17, 15) is 17.6 Å². The highest BCUT2D eigenvalue weighted by Gasteiger charge is 2.17. The summed E-state index contributed by atoms with van der Waals surface area (Å²) >= 11 is 0. The maximum Gasteiger partial charge on any atom is 0.226 e. The summed E-state index contributed by atoms with van der Waals surface area (Å²) in [7, 11) is -3.19. The number of fused-ring (bicyclic) bond motifs is 2. The molecular weight excluding hydrogens is 569 g/mol. The number of aromatic nitrogens is 6. The zero-order chi connectivity index (χ0) is 30.3. The molecule has 0 aliphatic rings. The first-order valence-electron chi connectivity index (χ1n) is 13.6. The quantitative estimate of drug-likeness (QED) is 0.208. The van der Waals surface area contributed by atoms with Crippen LogP contribution in [0, 0.1) is 11.7 Å². The first-order valence-corrected chi connectivity index (χ1v) is 15.7. The Bertz CT molecular complexity index is 2120. The fourth-order valence-electron chi connectivity index (χ4n) is 4.82. The number of pyridine rings is 2. The minimum absolute atomic E-state index is 0.0668. The summed E-state index contributed by atoms with van der Waals surface area (Å²) in [6, 6.07) is 13.9. The molecule has 4 aromatic heterocycles. The predicted molar refractivity (Wildman–Crippen MR) is 164 cm³/mol. The third-order valence-electron chi connectivity index (χ3n) is 7.04. The van der Waals surface area contributed by atoms with Crippen molar-refractivity contribution >= 4 is 43.4 Å². The number of aryl methyl sites for hydroxylation is 1. The number of benzene rings is 2. The molecule has 0 spiro atoms. The van der Waals surface area contributed by atoms with Gasteiger partial charge in [-0.1, -0.05) is 32.0 Å². The average Bonchev–Trinajstić information content (AvgIpc) is 3.59. The first-order chi connectivity index (χ1) is 20.5. The Morgan fingerprint density at radius 1 is 1.02 bits per heavy atom. The normalized spacial score (nSPS) is 11.9. The molecule has 0 aliphatic carbocycles. The van der Waals surface area contributed by atoms with Gasteiger partial charge in [0.2, 0.25) is 5.91 Å². The molecule has 0 radical (unpaired) electrons. The highest BCUT2D eigenvalue weighted by molar-refractivity contribution is 7.90. The molecule has 2 aromatic carbocycles. The summed E-state index contributed by atoms with van der Waals surface area (Å²) in [4.78, 5) is 29.2. The molecule has 10 nitrogen and oxygen atoms in total. The van der Waals surface area contributed by atoms with Gasteiger partial charge in [-0.2, -0.15) is 5.10 Å². The molecule has 0 bridgehead atoms. The lowest BCUT2D eigenvalue weighted by molar-refractivity contribution is -0.118. The van der Waals surface area contributed by atoms with Crippen LogP contribution in [0.15, 0.2) is 67.1 Å². The van der Waals surface area contributed by atoms with Crippen molar-refractivity contribution in [3.8, 4) is 33.9 Å². The third-order valence-corrected chi connectivity index (χ3v) is 7.99. The number of hydrogen-bond acceptors (Lipinski definition) is 7. The van der Waals surface area contributed by atoms with Gasteiger partial charge in [-0.15, -0.1) is 0 Å². The van der Waals surface area contributed by atoms with Gasteiger partial charge in [-0.05, 0) is 47.9 Å². The van der Waals surface area contributed by atoms with E-state index in [1.165, 1.54) is 12.1 Å². The van der Waals surface area contributed by atoms with Crippen LogP contribution in [0.1, 0.15) is 19.4 Å². The van der Waals surface area contributed by atoms with E-state index >= 15 is 0 Å². The minimum atomic E-state index is -3.19. The first kappa shape index (κ1) is 28.2. The number of sulfone groups is 1. The monoisotopic (exact) mass is 597 g/mol. The summed E-state index contributed by atoms with van der Waals surface area (Å²) in [5.74, 6) is -0.279. The number of para-hydroxylation sites is 1. The van der Waals surface area contributed by atoms with Crippen molar-refractivity contribution in [1.82, 2.24) is 30.1 Å². The van der Waals surface area contributed by atoms with Gasteiger partial charge < -0.3 is 10.3 Å². The van der Waals surface area contributed by atoms with Crippen LogP contribution in [0.3, 0.4) is 0 Å². The summed E-state index contributed by atoms with van der Waals surface area (Å²) in [6.07, 6.45) is 6.32. The van der Waals surface area contributed by atoms with Gasteiger partial charge >= 0.3 is 0 Å². The highest BCUT2D eigenvalue weighted by Crippen LogP contribution is 2.33. The van der Waals surface area contributed by atoms with Crippen LogP contribution in [-0.2, 0) is 21.1 Å². The summed E-state index contributed by atoms with van der Waals surface area (Å²) in [5, 5.41) is 11.1. The van der Waals surface area contributed by atoms with Crippen LogP contribution in [0.2, 0.25) is 0 Å². The zero-order valence-electron chi connectivity index (χ0n) is 23.6. The number of imidazole rings is 1. The van der Waals surface area contributed by atoms with Crippen molar-refractivity contribution in [3.63, 3.8) is 0 Å². The van der Waals surface area contributed by atoms with E-state index in [1.807, 2.05) is 44.2 Å². The Balaban J connectivity index is 1.38. The number of nitrogens with one attached hydrogen (secondary N) is 3. The maximum atomic E-state index is 14.6. The molecule has 4 heterocycles. The van der Waals surface area contributed by atoms with E-state index in [-0.39, 0.29) is 24.0 Å². The number of halogens is 1. The fraction of sp³-hybridized carbons (Fsp3) is 0.194. The molecule has 0 unspecified atom stereocenters. The van der Waals surface area contributed by atoms with Crippen molar-refractivity contribution in [3.05, 3.63) is 78.5 Å². The molecule has 0 saturated heterocycles. The number of nitrogens with zero attached hydrogens (tertiary/aromatic N) is 4. The number of carbonyl (C=O) groups excluding carboxylic acids is 1. The van der Waals surface area contributed by atoms with Gasteiger partial charge in [0, 0.05) is 34.9 Å². The summed E-state index contributed by atoms with van der Waals surface area (Å²) in [6.45, 7) is 3.64. The van der Waals surface area contributed by atoms with Crippen molar-refractivity contribution in [2.75, 3.05) is 17.3 Å². The molecule has 43 heavy (non-hydrogen) atoms. The van der Waals surface area contributed by atoms with Crippen molar-refractivity contribution in [2.45, 2.75) is 20.3 Å². The Kier molecular flexibility index (Phi) is 7.22. The fourth-order valence-corrected chi connectivity index (χ4v) is 5.43. The van der Waals surface area contributed by atoms with Crippen molar-refractivity contribution in [2.24, 2.45) is 5.92 Å². The van der Waals surface area contributed by atoms with Crippen LogP contribution in [0.25, 0.3) is 55.8 Å². The Labute approximate surface area is 246 Å². The predicted octanol–water partition coefficient (Wildman–Crippen LogP) is 5.55.